The van der Waals surface area contributed by atoms with Crippen LogP contribution in [0.25, 0.3) is 22.0 Å². The second-order valence-corrected chi connectivity index (χ2v) is 10.4. The molecule has 1 saturated carbocycles. The van der Waals surface area contributed by atoms with E-state index in [0.29, 0.717) is 47.6 Å². The Labute approximate surface area is 235 Å². The third-order valence-corrected chi connectivity index (χ3v) is 7.44. The highest BCUT2D eigenvalue weighted by atomic mass is 19.1. The van der Waals surface area contributed by atoms with Gasteiger partial charge in [0, 0.05) is 48.0 Å². The molecule has 2 amide bonds. The lowest BCUT2D eigenvalue weighted by Crippen LogP contribution is -2.44. The van der Waals surface area contributed by atoms with Crippen LogP contribution in [0.2, 0.25) is 0 Å². The molecule has 1 saturated heterocycles. The number of nitrogens with zero attached hydrogens (tertiary/aromatic N) is 4. The highest BCUT2D eigenvalue weighted by Gasteiger charge is 2.43. The Bertz CT molecular complexity index is 1630. The van der Waals surface area contributed by atoms with Crippen LogP contribution in [-0.4, -0.2) is 62.3 Å². The number of benzene rings is 2. The van der Waals surface area contributed by atoms with Crippen molar-refractivity contribution in [3.05, 3.63) is 66.5 Å². The van der Waals surface area contributed by atoms with E-state index in [9.17, 15) is 19.1 Å². The van der Waals surface area contributed by atoms with E-state index in [1.807, 2.05) is 37.3 Å². The molecule has 2 aromatic carbocycles. The summed E-state index contributed by atoms with van der Waals surface area (Å²) in [6.45, 7) is 2.81. The van der Waals surface area contributed by atoms with Crippen molar-refractivity contribution < 1.29 is 23.8 Å². The number of fused-ring (bicyclic) bond motifs is 1. The SMILES string of the molecule is Cc1ccc2c(NC(=O)C3CC3F)cccc2c1Oc1ncccc1-c1ccnc(N[C@H]2CCCN(C(=O)O)C2)n1. The van der Waals surface area contributed by atoms with Crippen LogP contribution in [0.15, 0.2) is 60.9 Å². The molecule has 2 unspecified atom stereocenters. The Hall–Kier alpha value is -4.80. The minimum atomic E-state index is -1.08. The van der Waals surface area contributed by atoms with Gasteiger partial charge in [-0.05, 0) is 56.0 Å². The van der Waals surface area contributed by atoms with Gasteiger partial charge < -0.3 is 25.4 Å². The number of amides is 2. The molecule has 10 nitrogen and oxygen atoms in total. The first kappa shape index (κ1) is 26.4. The Kier molecular flexibility index (Phi) is 7.08. The number of anilines is 2. The third-order valence-electron chi connectivity index (χ3n) is 7.44. The number of carbonyl (C=O) groups excluding carboxylic acids is 1. The van der Waals surface area contributed by atoms with E-state index in [4.69, 9.17) is 4.74 Å². The number of pyridine rings is 1. The molecule has 6 rings (SSSR count). The Balaban J connectivity index is 1.28. The largest absolute Gasteiger partial charge is 0.465 e. The summed E-state index contributed by atoms with van der Waals surface area (Å²) in [6.07, 6.45) is 3.10. The minimum absolute atomic E-state index is 0.0940. The quantitative estimate of drug-likeness (QED) is 0.267. The number of halogens is 1. The molecular weight excluding hydrogens is 527 g/mol. The molecule has 210 valence electrons. The number of nitrogens with one attached hydrogen (secondary N) is 2. The van der Waals surface area contributed by atoms with Crippen molar-refractivity contribution in [2.75, 3.05) is 23.7 Å². The molecule has 3 atom stereocenters. The van der Waals surface area contributed by atoms with E-state index >= 15 is 0 Å². The maximum absolute atomic E-state index is 13.4. The van der Waals surface area contributed by atoms with Gasteiger partial charge in [-0.2, -0.15) is 0 Å². The Morgan fingerprint density at radius 1 is 1.07 bits per heavy atom. The molecule has 41 heavy (non-hydrogen) atoms. The maximum Gasteiger partial charge on any atom is 0.407 e. The van der Waals surface area contributed by atoms with Gasteiger partial charge in [-0.1, -0.05) is 24.3 Å². The van der Waals surface area contributed by atoms with Crippen LogP contribution in [0.1, 0.15) is 24.8 Å². The number of likely N-dealkylation sites (tertiary alicyclic amines) is 1. The van der Waals surface area contributed by atoms with Crippen LogP contribution in [0.4, 0.5) is 20.8 Å². The van der Waals surface area contributed by atoms with Gasteiger partial charge >= 0.3 is 6.09 Å². The zero-order chi connectivity index (χ0) is 28.5. The van der Waals surface area contributed by atoms with Crippen LogP contribution in [0.5, 0.6) is 11.6 Å². The van der Waals surface area contributed by atoms with E-state index < -0.39 is 18.2 Å². The molecule has 1 aliphatic heterocycles. The summed E-state index contributed by atoms with van der Waals surface area (Å²) in [4.78, 5) is 38.8. The molecule has 11 heteroatoms. The number of carboxylic acid groups (broad SMARTS) is 1. The fraction of sp³-hybridized carbons (Fsp3) is 0.300. The number of rotatable bonds is 7. The summed E-state index contributed by atoms with van der Waals surface area (Å²) < 4.78 is 19.9. The summed E-state index contributed by atoms with van der Waals surface area (Å²) in [5, 5.41) is 17.0. The fourth-order valence-electron chi connectivity index (χ4n) is 5.14. The normalized spacial score (nSPS) is 20.0. The highest BCUT2D eigenvalue weighted by Crippen LogP contribution is 2.40. The summed E-state index contributed by atoms with van der Waals surface area (Å²) in [5.41, 5.74) is 2.70. The minimum Gasteiger partial charge on any atom is -0.465 e. The summed E-state index contributed by atoms with van der Waals surface area (Å²) in [7, 11) is 0. The second-order valence-electron chi connectivity index (χ2n) is 10.4. The van der Waals surface area contributed by atoms with Crippen LogP contribution in [0.3, 0.4) is 0 Å². The lowest BCUT2D eigenvalue weighted by Gasteiger charge is -2.31. The van der Waals surface area contributed by atoms with Crippen LogP contribution in [0, 0.1) is 12.8 Å². The monoisotopic (exact) mass is 556 g/mol. The molecule has 2 aliphatic rings. The van der Waals surface area contributed by atoms with Crippen molar-refractivity contribution >= 4 is 34.4 Å². The highest BCUT2D eigenvalue weighted by molar-refractivity contribution is 6.05. The molecule has 0 spiro atoms. The number of carbonyl (C=O) groups is 2. The number of hydrogen-bond donors (Lipinski definition) is 3. The van der Waals surface area contributed by atoms with Gasteiger partial charge in [0.1, 0.15) is 11.9 Å². The van der Waals surface area contributed by atoms with Crippen LogP contribution in [-0.2, 0) is 4.79 Å². The average Bonchev–Trinajstić information content (AvgIpc) is 3.72. The van der Waals surface area contributed by atoms with Crippen molar-refractivity contribution in [2.45, 2.75) is 38.4 Å². The predicted octanol–water partition coefficient (Wildman–Crippen LogP) is 5.64. The molecule has 2 aromatic heterocycles. The third kappa shape index (κ3) is 5.60. The summed E-state index contributed by atoms with van der Waals surface area (Å²) in [6, 6.07) is 14.7. The maximum atomic E-state index is 13.4. The molecule has 3 heterocycles. The van der Waals surface area contributed by atoms with Gasteiger partial charge in [-0.15, -0.1) is 0 Å². The number of ether oxygens (including phenoxy) is 1. The lowest BCUT2D eigenvalue weighted by atomic mass is 10.0. The smallest absolute Gasteiger partial charge is 0.407 e. The van der Waals surface area contributed by atoms with Gasteiger partial charge in [0.25, 0.3) is 0 Å². The van der Waals surface area contributed by atoms with Gasteiger partial charge in [0.15, 0.2) is 0 Å². The van der Waals surface area contributed by atoms with Gasteiger partial charge in [0.2, 0.25) is 17.7 Å². The summed E-state index contributed by atoms with van der Waals surface area (Å²) >= 11 is 0. The molecule has 0 bridgehead atoms. The first-order valence-electron chi connectivity index (χ1n) is 13.6. The lowest BCUT2D eigenvalue weighted by molar-refractivity contribution is -0.117. The van der Waals surface area contributed by atoms with E-state index in [-0.39, 0.29) is 18.4 Å². The molecule has 3 N–H and O–H groups in total. The first-order valence-corrected chi connectivity index (χ1v) is 13.6. The molecule has 0 radical (unpaired) electrons. The number of alkyl halides is 1. The predicted molar refractivity (Wildman–Crippen MR) is 152 cm³/mol. The van der Waals surface area contributed by atoms with Crippen molar-refractivity contribution in [1.82, 2.24) is 19.9 Å². The topological polar surface area (TPSA) is 130 Å². The molecule has 2 fully saturated rings. The summed E-state index contributed by atoms with van der Waals surface area (Å²) in [5.74, 6) is 0.399. The van der Waals surface area contributed by atoms with Crippen LogP contribution < -0.4 is 15.4 Å². The van der Waals surface area contributed by atoms with Gasteiger partial charge in [0.05, 0.1) is 17.2 Å². The van der Waals surface area contributed by atoms with Crippen molar-refractivity contribution in [1.29, 1.82) is 0 Å². The Morgan fingerprint density at radius 2 is 1.93 bits per heavy atom. The van der Waals surface area contributed by atoms with Crippen molar-refractivity contribution in [2.24, 2.45) is 5.92 Å². The average molecular weight is 557 g/mol. The second kappa shape index (κ2) is 11.0. The zero-order valence-electron chi connectivity index (χ0n) is 22.4. The zero-order valence-corrected chi connectivity index (χ0v) is 22.4. The Morgan fingerprint density at radius 3 is 2.73 bits per heavy atom. The first-order chi connectivity index (χ1) is 19.9. The standard InChI is InChI=1S/C30H29FN6O4/c1-17-9-10-19-20(6-2-8-24(19)35-27(38)22-15-23(22)31)26(17)41-28-21(7-3-12-32-28)25-11-13-33-29(36-25)34-18-5-4-14-37(16-18)30(39)40/h2-3,6-13,18,22-23H,4-5,14-16H2,1H3,(H,35,38)(H,39,40)(H,33,34,36)/t18-,22?,23?/m0/s1. The number of piperidine rings is 1. The molecular formula is C30H29FN6O4. The number of aryl methyl sites for hydroxylation is 1. The van der Waals surface area contributed by atoms with E-state index in [2.05, 4.69) is 25.6 Å². The van der Waals surface area contributed by atoms with Gasteiger partial charge in [-0.3, -0.25) is 4.79 Å². The van der Waals surface area contributed by atoms with E-state index in [1.54, 1.807) is 30.6 Å². The number of hydrogen-bond acceptors (Lipinski definition) is 7. The van der Waals surface area contributed by atoms with E-state index in [1.165, 1.54) is 4.90 Å². The fourth-order valence-corrected chi connectivity index (χ4v) is 5.14. The van der Waals surface area contributed by atoms with E-state index in [0.717, 1.165) is 29.2 Å². The number of aromatic nitrogens is 3. The van der Waals surface area contributed by atoms with Crippen LogP contribution >= 0.6 is 0 Å². The van der Waals surface area contributed by atoms with Crippen molar-refractivity contribution in [3.63, 3.8) is 0 Å². The van der Waals surface area contributed by atoms with Gasteiger partial charge in [-0.25, -0.2) is 24.1 Å². The molecule has 4 aromatic rings. The van der Waals surface area contributed by atoms with Crippen molar-refractivity contribution in [3.8, 4) is 22.9 Å². The molecule has 1 aliphatic carbocycles.